The molecule has 2 bridgehead atoms. The van der Waals surface area contributed by atoms with E-state index in [2.05, 4.69) is 37.5 Å². The van der Waals surface area contributed by atoms with Gasteiger partial charge in [-0.25, -0.2) is 4.52 Å². The molecule has 6 heterocycles. The number of aromatic nitrogens is 5. The first-order valence-electron chi connectivity index (χ1n) is 21.0. The molecule has 5 fully saturated rings. The van der Waals surface area contributed by atoms with Crippen LogP contribution in [0.15, 0.2) is 54.9 Å². The van der Waals surface area contributed by atoms with Crippen molar-refractivity contribution in [3.8, 4) is 28.0 Å². The maximum Gasteiger partial charge on any atom is 0.264 e. The van der Waals surface area contributed by atoms with Crippen LogP contribution >= 0.6 is 11.3 Å². The second-order valence-corrected chi connectivity index (χ2v) is 18.0. The topological polar surface area (TPSA) is 226 Å². The summed E-state index contributed by atoms with van der Waals surface area (Å²) in [5.74, 6) is -2.20. The van der Waals surface area contributed by atoms with Crippen LogP contribution in [0, 0.1) is 17.2 Å². The Bertz CT molecular complexity index is 2710. The van der Waals surface area contributed by atoms with Crippen molar-refractivity contribution in [3.05, 3.63) is 76.6 Å². The number of anilines is 2. The van der Waals surface area contributed by atoms with Crippen LogP contribution in [0.1, 0.15) is 95.5 Å². The van der Waals surface area contributed by atoms with Gasteiger partial charge in [-0.3, -0.25) is 39.2 Å². The van der Waals surface area contributed by atoms with Crippen molar-refractivity contribution in [1.29, 1.82) is 5.26 Å². The van der Waals surface area contributed by atoms with E-state index in [1.54, 1.807) is 46.3 Å². The number of carbonyl (C=O) groups excluding carboxylic acids is 5. The van der Waals surface area contributed by atoms with Crippen LogP contribution in [-0.2, 0) is 24.5 Å². The van der Waals surface area contributed by atoms with Crippen molar-refractivity contribution in [2.75, 3.05) is 30.8 Å². The molecule has 0 radical (unpaired) electrons. The summed E-state index contributed by atoms with van der Waals surface area (Å²) >= 11 is 1.62. The molecule has 2 aliphatic heterocycles. The molecule has 5 aromatic rings. The fourth-order valence-electron chi connectivity index (χ4n) is 9.82. The number of benzene rings is 1. The predicted molar refractivity (Wildman–Crippen MR) is 226 cm³/mol. The Morgan fingerprint density at radius 1 is 0.984 bits per heavy atom. The Balaban J connectivity index is 0.699. The zero-order valence-corrected chi connectivity index (χ0v) is 34.7. The third-order valence-electron chi connectivity index (χ3n) is 13.5. The largest absolute Gasteiger partial charge is 0.387 e. The molecule has 6 aliphatic rings. The molecule has 316 valence electrons. The number of ether oxygens (including phenoxy) is 1. The van der Waals surface area contributed by atoms with E-state index in [9.17, 15) is 29.2 Å². The second-order valence-electron chi connectivity index (χ2n) is 17.0. The summed E-state index contributed by atoms with van der Waals surface area (Å²) in [6.07, 6.45) is 10.2. The smallest absolute Gasteiger partial charge is 0.264 e. The minimum absolute atomic E-state index is 0.0471. The van der Waals surface area contributed by atoms with Crippen LogP contribution in [0.25, 0.3) is 27.5 Å². The number of rotatable bonds is 12. The summed E-state index contributed by atoms with van der Waals surface area (Å²) in [7, 11) is 1.87. The van der Waals surface area contributed by atoms with Crippen LogP contribution in [0.5, 0.6) is 0 Å². The molecule has 1 saturated heterocycles. The summed E-state index contributed by atoms with van der Waals surface area (Å²) in [5.41, 5.74) is 5.25. The third-order valence-corrected chi connectivity index (χ3v) is 14.7. The Morgan fingerprint density at radius 2 is 1.79 bits per heavy atom. The van der Waals surface area contributed by atoms with E-state index in [-0.39, 0.29) is 52.9 Å². The van der Waals surface area contributed by atoms with Gasteiger partial charge in [0.15, 0.2) is 5.01 Å². The van der Waals surface area contributed by atoms with Crippen molar-refractivity contribution >= 4 is 57.8 Å². The number of hydrogen-bond acceptors (Lipinski definition) is 14. The maximum absolute atomic E-state index is 13.5. The molecule has 4 aliphatic carbocycles. The van der Waals surface area contributed by atoms with Crippen molar-refractivity contribution < 1.29 is 28.7 Å². The maximum atomic E-state index is 13.5. The van der Waals surface area contributed by atoms with Gasteiger partial charge >= 0.3 is 0 Å². The number of pyridine rings is 1. The molecule has 4 aromatic heterocycles. The second kappa shape index (κ2) is 15.4. The normalized spacial score (nSPS) is 25.3. The lowest BCUT2D eigenvalue weighted by atomic mass is 9.57. The van der Waals surface area contributed by atoms with Crippen LogP contribution in [0.2, 0.25) is 0 Å². The first-order chi connectivity index (χ1) is 30.1. The summed E-state index contributed by atoms with van der Waals surface area (Å²) in [4.78, 5) is 69.9. The lowest BCUT2D eigenvalue weighted by Crippen LogP contribution is -2.59. The van der Waals surface area contributed by atoms with E-state index >= 15 is 0 Å². The van der Waals surface area contributed by atoms with Crippen molar-refractivity contribution in [2.24, 2.45) is 5.92 Å². The molecule has 0 spiro atoms. The van der Waals surface area contributed by atoms with Gasteiger partial charge in [0.05, 0.1) is 58.1 Å². The zero-order chi connectivity index (χ0) is 42.8. The minimum Gasteiger partial charge on any atom is -0.387 e. The quantitative estimate of drug-likeness (QED) is 0.0996. The minimum atomic E-state index is -1.03. The molecule has 4 saturated carbocycles. The van der Waals surface area contributed by atoms with Gasteiger partial charge in [0.25, 0.3) is 11.8 Å². The summed E-state index contributed by atoms with van der Waals surface area (Å²) in [5, 5.41) is 37.1. The van der Waals surface area contributed by atoms with E-state index in [1.165, 1.54) is 0 Å². The summed E-state index contributed by atoms with van der Waals surface area (Å²) in [6.45, 7) is 0.717. The molecule has 17 nitrogen and oxygen atoms in total. The number of fused-ring (bicyclic) bond motifs is 5. The Kier molecular flexibility index (Phi) is 9.82. The van der Waals surface area contributed by atoms with E-state index < -0.39 is 29.7 Å². The van der Waals surface area contributed by atoms with Gasteiger partial charge in [0.2, 0.25) is 17.7 Å². The van der Waals surface area contributed by atoms with Crippen LogP contribution in [0.4, 0.5) is 11.4 Å². The highest BCUT2D eigenvalue weighted by molar-refractivity contribution is 7.14. The van der Waals surface area contributed by atoms with E-state index in [4.69, 9.17) is 14.8 Å². The van der Waals surface area contributed by atoms with Gasteiger partial charge in [-0.1, -0.05) is 17.4 Å². The first kappa shape index (κ1) is 39.5. The van der Waals surface area contributed by atoms with E-state index in [0.717, 1.165) is 81.6 Å². The molecule has 4 N–H and O–H groups in total. The van der Waals surface area contributed by atoms with Gasteiger partial charge in [0.1, 0.15) is 17.1 Å². The van der Waals surface area contributed by atoms with Crippen LogP contribution in [-0.4, -0.2) is 97.1 Å². The molecular formula is C44H43N11O6S. The number of hydrogen-bond donors (Lipinski definition) is 4. The number of nitrogens with zero attached hydrogens (tertiary/aromatic N) is 7. The number of nitrogens with one attached hydrogen (secondary N) is 4. The SMILES string of the molecule is CNc1cc(-c2ccc3cc(C#N)cnn23)ncc1-c1nnc(C23CCC(NC(=O)C4CC(OCCNc5cccc6c5C(=O)N([C@H]5CCC(=O)NC5=O)C6=O)C4)(CC2)CC3)s1. The Hall–Kier alpha value is -6.58. The average Bonchev–Trinajstić information content (AvgIpc) is 4.00. The average molecular weight is 854 g/mol. The van der Waals surface area contributed by atoms with Crippen molar-refractivity contribution in [2.45, 2.75) is 87.3 Å². The highest BCUT2D eigenvalue weighted by Gasteiger charge is 2.53. The fraction of sp³-hybridized carbons (Fsp3) is 0.409. The van der Waals surface area contributed by atoms with E-state index in [0.29, 0.717) is 37.2 Å². The van der Waals surface area contributed by atoms with Gasteiger partial charge < -0.3 is 20.7 Å². The molecule has 0 unspecified atom stereocenters. The number of nitriles is 1. The van der Waals surface area contributed by atoms with Gasteiger partial charge in [-0.05, 0) is 94.2 Å². The summed E-state index contributed by atoms with van der Waals surface area (Å²) < 4.78 is 7.85. The van der Waals surface area contributed by atoms with Crippen molar-refractivity contribution in [1.82, 2.24) is 40.3 Å². The van der Waals surface area contributed by atoms with Gasteiger partial charge in [-0.2, -0.15) is 10.4 Å². The molecule has 1 atom stereocenters. The first-order valence-corrected chi connectivity index (χ1v) is 21.8. The standard InChI is InChI=1S/C44H43N11O6S/c1-46-31-20-32(33-6-5-26-17-24(21-45)22-49-55(26)33)48-23-29(31)39-52-53-42(62-39)43-9-12-44(13-10-43,14-11-43)51-37(57)25-18-27(19-25)61-16-15-47-30-4-2-3-28-36(30)41(60)54(40(28)59)34-7-8-35(56)50-38(34)58/h2-6,17,20,22-23,25,27,34,47H,7-16,18-19H2,1H3,(H,46,48)(H,51,57)(H,50,56,58)/t25?,27?,34-,43?,44?/m0/s1. The number of amides is 5. The molecule has 1 aromatic carbocycles. The van der Waals surface area contributed by atoms with Crippen LogP contribution < -0.4 is 21.3 Å². The van der Waals surface area contributed by atoms with Crippen molar-refractivity contribution in [3.63, 3.8) is 0 Å². The lowest BCUT2D eigenvalue weighted by molar-refractivity contribution is -0.138. The molecule has 5 amide bonds. The van der Waals surface area contributed by atoms with Gasteiger partial charge in [-0.15, -0.1) is 10.2 Å². The Morgan fingerprint density at radius 3 is 2.55 bits per heavy atom. The fourth-order valence-corrected chi connectivity index (χ4v) is 11.0. The van der Waals surface area contributed by atoms with Gasteiger partial charge in [0, 0.05) is 54.5 Å². The molecule has 11 rings (SSSR count). The van der Waals surface area contributed by atoms with Crippen LogP contribution in [0.3, 0.4) is 0 Å². The number of piperidine rings is 1. The molecule has 62 heavy (non-hydrogen) atoms. The number of carbonyl (C=O) groups is 5. The summed E-state index contributed by atoms with van der Waals surface area (Å²) in [6, 6.07) is 13.7. The molecular weight excluding hydrogens is 811 g/mol. The molecule has 18 heteroatoms. The number of imide groups is 2. The zero-order valence-electron chi connectivity index (χ0n) is 33.9. The lowest BCUT2D eigenvalue weighted by Gasteiger charge is -2.53. The third kappa shape index (κ3) is 6.75. The monoisotopic (exact) mass is 853 g/mol. The van der Waals surface area contributed by atoms with E-state index in [1.807, 2.05) is 31.4 Å². The highest BCUT2D eigenvalue weighted by Crippen LogP contribution is 2.55. The highest BCUT2D eigenvalue weighted by atomic mass is 32.1. The Labute approximate surface area is 359 Å². The predicted octanol–water partition coefficient (Wildman–Crippen LogP) is 4.60.